The third kappa shape index (κ3) is 14.3. The van der Waals surface area contributed by atoms with Gasteiger partial charge in [-0.2, -0.15) is 0 Å². The average molecular weight is 598 g/mol. The molecule has 0 saturated carbocycles. The van der Waals surface area contributed by atoms with Crippen LogP contribution in [0.15, 0.2) is 0 Å². The van der Waals surface area contributed by atoms with Gasteiger partial charge in [0.05, 0.1) is 11.9 Å². The Morgan fingerprint density at radius 2 is 0.679 bits per heavy atom. The number of hydrogen-bond donors (Lipinski definition) is 2. The molecule has 0 unspecified atom stereocenters. The summed E-state index contributed by atoms with van der Waals surface area (Å²) >= 11 is 0. The normalized spacial score (nSPS) is 10.1. The summed E-state index contributed by atoms with van der Waals surface area (Å²) in [5, 5.41) is 77.9. The van der Waals surface area contributed by atoms with Crippen molar-refractivity contribution in [2.45, 2.75) is 36.9 Å². The molecule has 0 aliphatic heterocycles. The molecule has 14 nitrogen and oxygen atoms in total. The van der Waals surface area contributed by atoms with E-state index in [1.54, 1.807) is 0 Å². The molecule has 0 rings (SSSR count). The molecule has 0 amide bonds. The van der Waals surface area contributed by atoms with E-state index in [4.69, 9.17) is 10.2 Å². The predicted octanol–water partition coefficient (Wildman–Crippen LogP) is -10.1. The Morgan fingerprint density at radius 3 is 0.750 bits per heavy atom. The second-order valence-corrected chi connectivity index (χ2v) is 4.83. The van der Waals surface area contributed by atoms with Crippen molar-refractivity contribution >= 4 is 35.8 Å². The Labute approximate surface area is 192 Å². The van der Waals surface area contributed by atoms with E-state index in [0.717, 1.165) is 0 Å². The maximum absolute atomic E-state index is 10.1. The first-order valence-electron chi connectivity index (χ1n) is 6.23. The van der Waals surface area contributed by atoms with Crippen LogP contribution in [-0.2, 0) is 73.5 Å². The van der Waals surface area contributed by atoms with Crippen molar-refractivity contribution in [3.8, 4) is 0 Å². The van der Waals surface area contributed by atoms with Crippen molar-refractivity contribution in [1.82, 2.24) is 0 Å². The fourth-order valence-corrected chi connectivity index (χ4v) is 1.37. The zero-order valence-corrected chi connectivity index (χ0v) is 16.2. The smallest absolute Gasteiger partial charge is 0.550 e. The SMILES string of the molecule is O=C([O-])CC(O)(CC(=O)[O-])C(=O)[O-].O=C([O-])CC(O)(CC(=O)[O-])C(=O)[O-].[Ag+].[Ag+].[H+].[H+].[H+].[H+]. The van der Waals surface area contributed by atoms with E-state index in [9.17, 15) is 59.4 Å². The summed E-state index contributed by atoms with van der Waals surface area (Å²) in [5.74, 6) is -12.0. The van der Waals surface area contributed by atoms with Crippen LogP contribution in [0.4, 0.5) is 0 Å². The summed E-state index contributed by atoms with van der Waals surface area (Å²) in [5.41, 5.74) is -5.95. The van der Waals surface area contributed by atoms with E-state index in [2.05, 4.69) is 0 Å². The summed E-state index contributed by atoms with van der Waals surface area (Å²) in [4.78, 5) is 60.0. The van der Waals surface area contributed by atoms with Crippen LogP contribution in [0.2, 0.25) is 0 Å². The minimum atomic E-state index is -2.97. The van der Waals surface area contributed by atoms with E-state index in [1.165, 1.54) is 0 Å². The van der Waals surface area contributed by atoms with Crippen molar-refractivity contribution in [2.24, 2.45) is 0 Å². The first kappa shape index (κ1) is 33.8. The van der Waals surface area contributed by atoms with Gasteiger partial charge in [-0.3, -0.25) is 0 Å². The molecular formula is C12H14Ag2O14. The van der Waals surface area contributed by atoms with Gasteiger partial charge in [0, 0.05) is 49.6 Å². The van der Waals surface area contributed by atoms with E-state index in [0.29, 0.717) is 0 Å². The number of carboxylic acid groups (broad SMARTS) is 6. The van der Waals surface area contributed by atoms with Gasteiger partial charge in [-0.25, -0.2) is 0 Å². The Bertz CT molecular complexity index is 535. The van der Waals surface area contributed by atoms with Gasteiger partial charge in [0.1, 0.15) is 11.2 Å². The number of rotatable bonds is 10. The van der Waals surface area contributed by atoms with Crippen molar-refractivity contribution in [3.63, 3.8) is 0 Å². The molecule has 0 fully saturated rings. The molecule has 0 aromatic carbocycles. The van der Waals surface area contributed by atoms with E-state index in [1.807, 2.05) is 0 Å². The molecule has 0 radical (unpaired) electrons. The molecule has 0 aliphatic carbocycles. The Hall–Kier alpha value is -1.78. The molecule has 0 aromatic heterocycles. The molecule has 0 aromatic rings. The molecule has 0 atom stereocenters. The van der Waals surface area contributed by atoms with Crippen molar-refractivity contribution in [1.29, 1.82) is 0 Å². The summed E-state index contributed by atoms with van der Waals surface area (Å²) in [6.07, 6.45) is -5.43. The molecule has 2 N–H and O–H groups in total. The Morgan fingerprint density at radius 1 is 0.536 bits per heavy atom. The molecular weight excluding hydrogens is 584 g/mol. The predicted molar refractivity (Wildman–Crippen MR) is 62.9 cm³/mol. The number of carbonyl (C=O) groups is 6. The first-order chi connectivity index (χ1) is 11.6. The van der Waals surface area contributed by atoms with Crippen molar-refractivity contribution in [3.05, 3.63) is 0 Å². The van der Waals surface area contributed by atoms with Crippen LogP contribution >= 0.6 is 0 Å². The molecule has 28 heavy (non-hydrogen) atoms. The summed E-state index contributed by atoms with van der Waals surface area (Å²) in [6.45, 7) is 0. The minimum Gasteiger partial charge on any atom is -0.550 e. The maximum atomic E-state index is 10.1. The van der Waals surface area contributed by atoms with Crippen LogP contribution in [0.5, 0.6) is 0 Å². The van der Waals surface area contributed by atoms with Gasteiger partial charge in [0.25, 0.3) is 0 Å². The van der Waals surface area contributed by atoms with E-state index >= 15 is 0 Å². The van der Waals surface area contributed by atoms with Crippen LogP contribution in [0, 0.1) is 0 Å². The summed E-state index contributed by atoms with van der Waals surface area (Å²) in [6, 6.07) is 0. The topological polar surface area (TPSA) is 281 Å². The van der Waals surface area contributed by atoms with Crippen molar-refractivity contribution in [2.75, 3.05) is 0 Å². The van der Waals surface area contributed by atoms with Gasteiger partial charge in [-0.05, 0) is 0 Å². The molecule has 0 bridgehead atoms. The molecule has 168 valence electrons. The second kappa shape index (κ2) is 14.3. The average Bonchev–Trinajstić information content (AvgIpc) is 2.34. The van der Waals surface area contributed by atoms with Crippen LogP contribution in [0.25, 0.3) is 0 Å². The molecule has 0 aliphatic rings. The van der Waals surface area contributed by atoms with Crippen LogP contribution < -0.4 is 30.6 Å². The zero-order chi connectivity index (χ0) is 21.3. The van der Waals surface area contributed by atoms with Gasteiger partial charge in [-0.15, -0.1) is 0 Å². The van der Waals surface area contributed by atoms with Gasteiger partial charge in [0.2, 0.25) is 0 Å². The first-order valence-corrected chi connectivity index (χ1v) is 6.23. The summed E-state index contributed by atoms with van der Waals surface area (Å²) in [7, 11) is 0. The number of carbonyl (C=O) groups excluding carboxylic acids is 6. The fourth-order valence-electron chi connectivity index (χ4n) is 1.37. The standard InChI is InChI=1S/2C6H8O7.2Ag/c2*7-3(8)1-6(13,5(11)12)2-4(9)10;;/h2*13H,1-2H2,(H,7,8)(H,9,10)(H,11,12);;/q;;2*+1/p-2. The van der Waals surface area contributed by atoms with E-state index in [-0.39, 0.29) is 50.5 Å². The molecule has 0 spiro atoms. The fraction of sp³-hybridized carbons (Fsp3) is 0.500. The van der Waals surface area contributed by atoms with Gasteiger partial charge in [-0.1, -0.05) is 0 Å². The van der Waals surface area contributed by atoms with Crippen molar-refractivity contribution < 1.29 is 120 Å². The maximum Gasteiger partial charge on any atom is 1.00 e. The molecule has 16 heteroatoms. The van der Waals surface area contributed by atoms with Gasteiger partial charge < -0.3 is 69.6 Å². The van der Waals surface area contributed by atoms with Crippen LogP contribution in [0.3, 0.4) is 0 Å². The number of carboxylic acids is 6. The Balaban J connectivity index is -0.0000000505. The number of aliphatic carboxylic acids is 6. The monoisotopic (exact) mass is 596 g/mol. The third-order valence-corrected chi connectivity index (χ3v) is 2.51. The largest absolute Gasteiger partial charge is 1.00 e. The van der Waals surface area contributed by atoms with Crippen LogP contribution in [-0.4, -0.2) is 57.2 Å². The third-order valence-electron chi connectivity index (χ3n) is 2.51. The second-order valence-electron chi connectivity index (χ2n) is 4.83. The number of aliphatic hydroxyl groups is 2. The van der Waals surface area contributed by atoms with E-state index < -0.39 is 72.7 Å². The van der Waals surface area contributed by atoms with Gasteiger partial charge in [0.15, 0.2) is 0 Å². The number of hydrogen-bond acceptors (Lipinski definition) is 14. The molecule has 0 heterocycles. The quantitative estimate of drug-likeness (QED) is 0.221. The Kier molecular flexibility index (Phi) is 17.2. The zero-order valence-electron chi connectivity index (χ0n) is 17.2. The van der Waals surface area contributed by atoms with Gasteiger partial charge >= 0.3 is 50.5 Å². The van der Waals surface area contributed by atoms with Crippen LogP contribution in [0.1, 0.15) is 31.4 Å². The molecule has 0 saturated heterocycles. The minimum absolute atomic E-state index is 0. The summed E-state index contributed by atoms with van der Waals surface area (Å²) < 4.78 is 0.